The van der Waals surface area contributed by atoms with E-state index in [2.05, 4.69) is 10.6 Å². The van der Waals surface area contributed by atoms with Gasteiger partial charge in [-0.2, -0.15) is 0 Å². The van der Waals surface area contributed by atoms with Crippen LogP contribution in [0, 0.1) is 10.1 Å². The van der Waals surface area contributed by atoms with Gasteiger partial charge in [0.2, 0.25) is 0 Å². The Balaban J connectivity index is 1.64. The van der Waals surface area contributed by atoms with Gasteiger partial charge in [0.15, 0.2) is 0 Å². The highest BCUT2D eigenvalue weighted by atomic mass is 16.6. The summed E-state index contributed by atoms with van der Waals surface area (Å²) in [6.45, 7) is 0. The summed E-state index contributed by atoms with van der Waals surface area (Å²) in [4.78, 5) is 22.3. The molecule has 1 amide bonds. The molecule has 0 bridgehead atoms. The third kappa shape index (κ3) is 4.20. The molecule has 3 aromatic carbocycles. The van der Waals surface area contributed by atoms with Crippen LogP contribution in [0.2, 0.25) is 0 Å². The first-order valence-electron chi connectivity index (χ1n) is 7.60. The van der Waals surface area contributed by atoms with E-state index < -0.39 is 4.92 Å². The van der Waals surface area contributed by atoms with Gasteiger partial charge in [-0.05, 0) is 48.5 Å². The first kappa shape index (κ1) is 16.2. The van der Waals surface area contributed by atoms with E-state index >= 15 is 0 Å². The number of nitro benzene ring substituents is 1. The maximum absolute atomic E-state index is 12.2. The fourth-order valence-corrected chi connectivity index (χ4v) is 2.26. The van der Waals surface area contributed by atoms with Gasteiger partial charge in [-0.15, -0.1) is 0 Å². The summed E-state index contributed by atoms with van der Waals surface area (Å²) in [6.07, 6.45) is 0. The zero-order valence-electron chi connectivity index (χ0n) is 13.2. The molecule has 2 N–H and O–H groups in total. The molecule has 3 aromatic rings. The van der Waals surface area contributed by atoms with Crippen molar-refractivity contribution in [2.45, 2.75) is 0 Å². The van der Waals surface area contributed by atoms with Gasteiger partial charge in [0.1, 0.15) is 0 Å². The third-order valence-electron chi connectivity index (χ3n) is 3.55. The summed E-state index contributed by atoms with van der Waals surface area (Å²) in [6, 6.07) is 22.5. The molecule has 0 spiro atoms. The molecule has 0 unspecified atom stereocenters. The van der Waals surface area contributed by atoms with Gasteiger partial charge in [-0.25, -0.2) is 0 Å². The highest BCUT2D eigenvalue weighted by Crippen LogP contribution is 2.19. The summed E-state index contributed by atoms with van der Waals surface area (Å²) in [5.41, 5.74) is 2.83. The van der Waals surface area contributed by atoms with E-state index in [1.807, 2.05) is 42.5 Å². The number of amides is 1. The number of carbonyl (C=O) groups is 1. The molecule has 0 radical (unpaired) electrons. The Morgan fingerprint density at radius 3 is 1.92 bits per heavy atom. The van der Waals surface area contributed by atoms with Gasteiger partial charge in [0.05, 0.1) is 4.92 Å². The molecular formula is C19H15N3O3. The lowest BCUT2D eigenvalue weighted by Crippen LogP contribution is -2.11. The van der Waals surface area contributed by atoms with Crippen LogP contribution in [0.5, 0.6) is 0 Å². The average molecular weight is 333 g/mol. The van der Waals surface area contributed by atoms with Crippen molar-refractivity contribution in [3.05, 3.63) is 94.5 Å². The third-order valence-corrected chi connectivity index (χ3v) is 3.55. The minimum absolute atomic E-state index is 0.0483. The number of nitrogens with zero attached hydrogens (tertiary/aromatic N) is 1. The second-order valence-electron chi connectivity index (χ2n) is 5.33. The van der Waals surface area contributed by atoms with E-state index in [0.717, 1.165) is 11.4 Å². The van der Waals surface area contributed by atoms with Gasteiger partial charge in [0, 0.05) is 34.8 Å². The quantitative estimate of drug-likeness (QED) is 0.528. The number of anilines is 3. The number of carbonyl (C=O) groups excluding carboxylic acids is 1. The molecule has 25 heavy (non-hydrogen) atoms. The fraction of sp³-hybridized carbons (Fsp3) is 0. The van der Waals surface area contributed by atoms with E-state index in [9.17, 15) is 14.9 Å². The molecule has 0 fully saturated rings. The van der Waals surface area contributed by atoms with Crippen LogP contribution in [0.3, 0.4) is 0 Å². The van der Waals surface area contributed by atoms with Crippen LogP contribution >= 0.6 is 0 Å². The molecule has 0 aromatic heterocycles. The summed E-state index contributed by atoms with van der Waals surface area (Å²) >= 11 is 0. The molecular weight excluding hydrogens is 318 g/mol. The summed E-state index contributed by atoms with van der Waals surface area (Å²) in [7, 11) is 0. The largest absolute Gasteiger partial charge is 0.356 e. The smallest absolute Gasteiger partial charge is 0.269 e. The van der Waals surface area contributed by atoms with E-state index in [-0.39, 0.29) is 11.6 Å². The number of nitrogens with one attached hydrogen (secondary N) is 2. The van der Waals surface area contributed by atoms with Crippen LogP contribution in [-0.4, -0.2) is 10.8 Å². The number of rotatable bonds is 5. The molecule has 0 saturated carbocycles. The standard InChI is InChI=1S/C19H15N3O3/c23-19(14-6-12-18(13-7-14)22(24)25)21-17-10-8-16(9-11-17)20-15-4-2-1-3-5-15/h1-13,20H,(H,21,23). The SMILES string of the molecule is O=C(Nc1ccc(Nc2ccccc2)cc1)c1ccc([N+](=O)[O-])cc1. The predicted octanol–water partition coefficient (Wildman–Crippen LogP) is 4.59. The van der Waals surface area contributed by atoms with Crippen molar-refractivity contribution in [2.75, 3.05) is 10.6 Å². The molecule has 0 aliphatic carbocycles. The maximum Gasteiger partial charge on any atom is 0.269 e. The zero-order valence-corrected chi connectivity index (χ0v) is 13.2. The number of benzene rings is 3. The summed E-state index contributed by atoms with van der Waals surface area (Å²) in [5, 5.41) is 16.7. The molecule has 6 nitrogen and oxygen atoms in total. The summed E-state index contributed by atoms with van der Waals surface area (Å²) < 4.78 is 0. The number of hydrogen-bond donors (Lipinski definition) is 2. The lowest BCUT2D eigenvalue weighted by molar-refractivity contribution is -0.384. The molecule has 124 valence electrons. The minimum Gasteiger partial charge on any atom is -0.356 e. The Morgan fingerprint density at radius 2 is 1.32 bits per heavy atom. The monoisotopic (exact) mass is 333 g/mol. The number of non-ortho nitro benzene ring substituents is 1. The first-order valence-corrected chi connectivity index (χ1v) is 7.60. The molecule has 0 aliphatic rings. The van der Waals surface area contributed by atoms with Crippen LogP contribution in [0.1, 0.15) is 10.4 Å². The van der Waals surface area contributed by atoms with Gasteiger partial charge in [-0.1, -0.05) is 18.2 Å². The normalized spacial score (nSPS) is 10.1. The molecule has 3 rings (SSSR count). The van der Waals surface area contributed by atoms with Crippen molar-refractivity contribution in [1.82, 2.24) is 0 Å². The highest BCUT2D eigenvalue weighted by molar-refractivity contribution is 6.04. The van der Waals surface area contributed by atoms with Crippen LogP contribution < -0.4 is 10.6 Å². The van der Waals surface area contributed by atoms with Crippen molar-refractivity contribution in [3.63, 3.8) is 0 Å². The molecule has 0 aliphatic heterocycles. The molecule has 6 heteroatoms. The Morgan fingerprint density at radius 1 is 0.760 bits per heavy atom. The van der Waals surface area contributed by atoms with Crippen LogP contribution in [-0.2, 0) is 0 Å². The Hall–Kier alpha value is -3.67. The van der Waals surface area contributed by atoms with Gasteiger partial charge in [0.25, 0.3) is 11.6 Å². The lowest BCUT2D eigenvalue weighted by atomic mass is 10.2. The first-order chi connectivity index (χ1) is 12.1. The number of para-hydroxylation sites is 1. The topological polar surface area (TPSA) is 84.3 Å². The van der Waals surface area contributed by atoms with E-state index in [1.165, 1.54) is 24.3 Å². The van der Waals surface area contributed by atoms with Crippen LogP contribution in [0.4, 0.5) is 22.7 Å². The Bertz CT molecular complexity index is 876. The lowest BCUT2D eigenvalue weighted by Gasteiger charge is -2.08. The Labute approximate surface area is 144 Å². The van der Waals surface area contributed by atoms with E-state index in [0.29, 0.717) is 11.3 Å². The average Bonchev–Trinajstić information content (AvgIpc) is 2.64. The van der Waals surface area contributed by atoms with Gasteiger partial charge < -0.3 is 10.6 Å². The molecule has 0 atom stereocenters. The van der Waals surface area contributed by atoms with E-state index in [1.54, 1.807) is 12.1 Å². The minimum atomic E-state index is -0.500. The van der Waals surface area contributed by atoms with Crippen molar-refractivity contribution >= 4 is 28.7 Å². The van der Waals surface area contributed by atoms with Crippen molar-refractivity contribution in [3.8, 4) is 0 Å². The maximum atomic E-state index is 12.2. The van der Waals surface area contributed by atoms with Crippen LogP contribution in [0.25, 0.3) is 0 Å². The molecule has 0 heterocycles. The predicted molar refractivity (Wildman–Crippen MR) is 97.2 cm³/mol. The number of nitro groups is 1. The van der Waals surface area contributed by atoms with E-state index in [4.69, 9.17) is 0 Å². The van der Waals surface area contributed by atoms with Gasteiger partial charge in [-0.3, -0.25) is 14.9 Å². The molecule has 0 saturated heterocycles. The fourth-order valence-electron chi connectivity index (χ4n) is 2.26. The van der Waals surface area contributed by atoms with Gasteiger partial charge >= 0.3 is 0 Å². The summed E-state index contributed by atoms with van der Waals surface area (Å²) in [5.74, 6) is -0.321. The van der Waals surface area contributed by atoms with Crippen molar-refractivity contribution in [2.24, 2.45) is 0 Å². The zero-order chi connectivity index (χ0) is 17.6. The number of hydrogen-bond acceptors (Lipinski definition) is 4. The Kier molecular flexibility index (Phi) is 4.71. The van der Waals surface area contributed by atoms with Crippen molar-refractivity contribution < 1.29 is 9.72 Å². The second-order valence-corrected chi connectivity index (χ2v) is 5.33. The highest BCUT2D eigenvalue weighted by Gasteiger charge is 2.09. The van der Waals surface area contributed by atoms with Crippen molar-refractivity contribution in [1.29, 1.82) is 0 Å². The second kappa shape index (κ2) is 7.27. The van der Waals surface area contributed by atoms with Crippen LogP contribution in [0.15, 0.2) is 78.9 Å².